The minimum absolute atomic E-state index is 0.0871. The number of fused-ring (bicyclic) bond motifs is 2. The molecule has 19 heteroatoms. The van der Waals surface area contributed by atoms with Gasteiger partial charge in [-0.25, -0.2) is 0 Å². The zero-order valence-corrected chi connectivity index (χ0v) is 41.9. The number of hydrogen-bond acceptors (Lipinski definition) is 18. The highest BCUT2D eigenvalue weighted by Crippen LogP contribution is 2.39. The summed E-state index contributed by atoms with van der Waals surface area (Å²) in [4.78, 5) is 30.7. The smallest absolute Gasteiger partial charge is 0.308 e. The number of ether oxygens (including phenoxy) is 4. The zero-order valence-electron chi connectivity index (χ0n) is 41.9. The average molecular weight is 1010 g/mol. The molecular formula is C52H83N3O16. The van der Waals surface area contributed by atoms with Gasteiger partial charge in [-0.2, -0.15) is 0 Å². The topological polar surface area (TPSA) is 306 Å². The standard InChI is InChI=1S/C52H83N3O16/c1-32-18-16-14-12-10-8-6-7-9-11-13-15-17-19-39(70-51-49(65)46(53)48(64)35(4)69-51)29-43-45(50(66)55-24-22-54(5)23-25-55)42(61)31-52(67,71-43)30-38(58)27-41(60)40(59)21-20-36(56)26-37(57)28-44(62)68-34(3)33(2)47(32)63/h6-19,32-43,45-49,51,56-61,63-65,67H,20-31,53H2,1-5H3/b7-6+,10-8+,11-9+,14-12+,15-13+,18-16-,19-17+/t32-,33-,34-,35+,36+,37+,38-,39-,40+,41+,42-,43-,45+,46-,47+,48+,49-,51-,52+/m0/s1. The van der Waals surface area contributed by atoms with Crippen LogP contribution in [0.1, 0.15) is 79.1 Å². The SMILES string of the molecule is C[C@@H]1[C@H](O)[C@@H](C)\C=C/C=C/C=C/C=C/C=C/C=C/C=C/[C@H](O[C@@H]2O[C@H](C)[C@@H](O)[C@H](N)[C@@H]2O)C[C@@H]2O[C@](O)(C[C@@H](O)C[C@@H](O)[C@H](O)CC[C@@H](O)C[C@@H](O)CC(=O)O[C@H]1C)C[C@H](O)[C@H]2C(=O)N1CCN(C)CC1. The van der Waals surface area contributed by atoms with Gasteiger partial charge in [-0.15, -0.1) is 0 Å². The number of esters is 1. The van der Waals surface area contributed by atoms with Gasteiger partial charge in [-0.05, 0) is 40.2 Å². The molecule has 0 unspecified atom stereocenters. The molecule has 3 fully saturated rings. The highest BCUT2D eigenvalue weighted by atomic mass is 16.7. The molecular weight excluding hydrogens is 923 g/mol. The van der Waals surface area contributed by atoms with E-state index in [-0.39, 0.29) is 31.6 Å². The fourth-order valence-electron chi connectivity index (χ4n) is 9.21. The van der Waals surface area contributed by atoms with E-state index in [0.29, 0.717) is 26.2 Å². The Hall–Kier alpha value is -3.48. The number of aliphatic hydroxyl groups is 10. The normalized spacial score (nSPS) is 44.3. The highest BCUT2D eigenvalue weighted by Gasteiger charge is 2.52. The van der Waals surface area contributed by atoms with E-state index in [9.17, 15) is 60.7 Å². The molecule has 0 aromatic carbocycles. The lowest BCUT2D eigenvalue weighted by atomic mass is 9.81. The fraction of sp³-hybridized carbons (Fsp3) is 0.692. The first-order chi connectivity index (χ1) is 33.6. The van der Waals surface area contributed by atoms with Crippen LogP contribution in [0.5, 0.6) is 0 Å². The van der Waals surface area contributed by atoms with Gasteiger partial charge in [0, 0.05) is 63.7 Å². The van der Waals surface area contributed by atoms with Crippen molar-refractivity contribution in [2.45, 2.75) is 177 Å². The molecule has 3 saturated heterocycles. The van der Waals surface area contributed by atoms with Crippen molar-refractivity contribution < 1.29 is 79.6 Å². The van der Waals surface area contributed by atoms with E-state index in [1.807, 2.05) is 56.5 Å². The maximum absolute atomic E-state index is 14.3. The Morgan fingerprint density at radius 1 is 0.662 bits per heavy atom. The van der Waals surface area contributed by atoms with Gasteiger partial charge in [0.1, 0.15) is 12.2 Å². The molecule has 0 spiro atoms. The van der Waals surface area contributed by atoms with Crippen LogP contribution in [0.2, 0.25) is 0 Å². The van der Waals surface area contributed by atoms with E-state index in [1.165, 1.54) is 0 Å². The predicted molar refractivity (Wildman–Crippen MR) is 263 cm³/mol. The van der Waals surface area contributed by atoms with Crippen molar-refractivity contribution in [3.63, 3.8) is 0 Å². The minimum Gasteiger partial charge on any atom is -0.462 e. The van der Waals surface area contributed by atoms with Crippen molar-refractivity contribution in [3.05, 3.63) is 85.1 Å². The van der Waals surface area contributed by atoms with Crippen LogP contribution in [0, 0.1) is 17.8 Å². The number of nitrogens with zero attached hydrogens (tertiary/aromatic N) is 2. The molecule has 1 amide bonds. The maximum atomic E-state index is 14.3. The molecule has 71 heavy (non-hydrogen) atoms. The Balaban J connectivity index is 1.61. The predicted octanol–water partition coefficient (Wildman–Crippen LogP) is 0.401. The Bertz CT molecular complexity index is 1840. The molecule has 402 valence electrons. The van der Waals surface area contributed by atoms with Crippen molar-refractivity contribution in [1.29, 1.82) is 0 Å². The Kier molecular flexibility index (Phi) is 24.9. The van der Waals surface area contributed by atoms with E-state index in [0.717, 1.165) is 0 Å². The Morgan fingerprint density at radius 3 is 1.85 bits per heavy atom. The number of aliphatic hydroxyl groups excluding tert-OH is 9. The van der Waals surface area contributed by atoms with Gasteiger partial charge in [0.15, 0.2) is 12.1 Å². The number of carbonyl (C=O) groups is 2. The van der Waals surface area contributed by atoms with Crippen molar-refractivity contribution in [1.82, 2.24) is 9.80 Å². The molecule has 0 aliphatic carbocycles. The lowest BCUT2D eigenvalue weighted by molar-refractivity contribution is -0.308. The molecule has 0 radical (unpaired) electrons. The van der Waals surface area contributed by atoms with Crippen LogP contribution >= 0.6 is 0 Å². The van der Waals surface area contributed by atoms with Crippen LogP contribution in [0.4, 0.5) is 0 Å². The lowest BCUT2D eigenvalue weighted by Gasteiger charge is -2.47. The highest BCUT2D eigenvalue weighted by molar-refractivity contribution is 5.80. The Morgan fingerprint density at radius 2 is 1.24 bits per heavy atom. The molecule has 0 aromatic heterocycles. The number of allylic oxidation sites excluding steroid dienone is 12. The van der Waals surface area contributed by atoms with Crippen LogP contribution in [-0.4, -0.2) is 203 Å². The lowest BCUT2D eigenvalue weighted by Crippen LogP contribution is -2.62. The number of cyclic esters (lactones) is 1. The summed E-state index contributed by atoms with van der Waals surface area (Å²) in [5.74, 6) is -5.31. The summed E-state index contributed by atoms with van der Waals surface area (Å²) >= 11 is 0. The molecule has 12 N–H and O–H groups in total. The third-order valence-electron chi connectivity index (χ3n) is 13.8. The summed E-state index contributed by atoms with van der Waals surface area (Å²) < 4.78 is 23.9. The van der Waals surface area contributed by atoms with Gasteiger partial charge in [-0.3, -0.25) is 9.59 Å². The quantitative estimate of drug-likeness (QED) is 0.171. The molecule has 19 atom stereocenters. The van der Waals surface area contributed by atoms with Crippen LogP contribution in [0.3, 0.4) is 0 Å². The summed E-state index contributed by atoms with van der Waals surface area (Å²) in [6, 6.07) is -1.12. The summed E-state index contributed by atoms with van der Waals surface area (Å²) in [5, 5.41) is 110. The monoisotopic (exact) mass is 1010 g/mol. The van der Waals surface area contributed by atoms with Crippen LogP contribution < -0.4 is 5.73 Å². The first-order valence-electron chi connectivity index (χ1n) is 25.0. The number of amides is 1. The molecule has 4 heterocycles. The second-order valence-corrected chi connectivity index (χ2v) is 19.9. The summed E-state index contributed by atoms with van der Waals surface area (Å²) in [6.07, 6.45) is 5.26. The third kappa shape index (κ3) is 19.4. The summed E-state index contributed by atoms with van der Waals surface area (Å²) in [5.41, 5.74) is 6.13. The van der Waals surface area contributed by atoms with E-state index >= 15 is 0 Å². The number of rotatable bonds is 3. The summed E-state index contributed by atoms with van der Waals surface area (Å²) in [6.45, 7) is 8.76. The number of piperazine rings is 1. The number of carbonyl (C=O) groups excluding carboxylic acids is 2. The van der Waals surface area contributed by atoms with Gasteiger partial charge < -0.3 is 85.5 Å². The molecule has 0 saturated carbocycles. The van der Waals surface area contributed by atoms with Gasteiger partial charge in [0.2, 0.25) is 5.91 Å². The third-order valence-corrected chi connectivity index (χ3v) is 13.8. The fourth-order valence-corrected chi connectivity index (χ4v) is 9.21. The van der Waals surface area contributed by atoms with E-state index in [1.54, 1.807) is 68.2 Å². The Labute approximate surface area is 418 Å². The second-order valence-electron chi connectivity index (χ2n) is 19.9. The van der Waals surface area contributed by atoms with Crippen LogP contribution in [0.15, 0.2) is 85.1 Å². The molecule has 19 nitrogen and oxygen atoms in total. The van der Waals surface area contributed by atoms with Crippen molar-refractivity contribution in [2.75, 3.05) is 33.2 Å². The first-order valence-corrected chi connectivity index (χ1v) is 25.0. The average Bonchev–Trinajstić information content (AvgIpc) is 3.30. The number of hydrogen-bond donors (Lipinski definition) is 11. The summed E-state index contributed by atoms with van der Waals surface area (Å²) in [7, 11) is 1.93. The van der Waals surface area contributed by atoms with Crippen LogP contribution in [0.25, 0.3) is 0 Å². The van der Waals surface area contributed by atoms with E-state index < -0.39 is 147 Å². The second kappa shape index (κ2) is 29.4. The van der Waals surface area contributed by atoms with Gasteiger partial charge in [0.25, 0.3) is 0 Å². The van der Waals surface area contributed by atoms with E-state index in [4.69, 9.17) is 24.7 Å². The minimum atomic E-state index is -2.25. The zero-order chi connectivity index (χ0) is 52.4. The largest absolute Gasteiger partial charge is 0.462 e. The first kappa shape index (κ1) is 60.1. The van der Waals surface area contributed by atoms with Crippen molar-refractivity contribution in [3.8, 4) is 0 Å². The molecule has 4 rings (SSSR count). The van der Waals surface area contributed by atoms with Crippen LogP contribution in [-0.2, 0) is 28.5 Å². The molecule has 0 aromatic rings. The molecule has 4 aliphatic rings. The number of nitrogens with two attached hydrogens (primary N) is 1. The molecule has 4 aliphatic heterocycles. The van der Waals surface area contributed by atoms with Gasteiger partial charge in [0.05, 0.1) is 85.5 Å². The number of likely N-dealkylation sites (N-methyl/N-ethyl adjacent to an activating group) is 1. The van der Waals surface area contributed by atoms with Gasteiger partial charge in [-0.1, -0.05) is 98.9 Å². The van der Waals surface area contributed by atoms with E-state index in [2.05, 4.69) is 4.90 Å². The molecule has 2 bridgehead atoms. The maximum Gasteiger partial charge on any atom is 0.308 e. The van der Waals surface area contributed by atoms with Crippen molar-refractivity contribution >= 4 is 11.9 Å². The van der Waals surface area contributed by atoms with Crippen molar-refractivity contribution in [2.24, 2.45) is 23.5 Å². The van der Waals surface area contributed by atoms with Gasteiger partial charge >= 0.3 is 5.97 Å².